The van der Waals surface area contributed by atoms with Crippen molar-refractivity contribution in [3.05, 3.63) is 59.7 Å². The van der Waals surface area contributed by atoms with Gasteiger partial charge in [0.15, 0.2) is 6.10 Å². The second-order valence-electron chi connectivity index (χ2n) is 6.12. The Labute approximate surface area is 155 Å². The Bertz CT molecular complexity index is 735. The minimum Gasteiger partial charge on any atom is -0.481 e. The third-order valence-electron chi connectivity index (χ3n) is 4.15. The maximum atomic E-state index is 12.3. The number of carbonyl (C=O) groups is 2. The maximum Gasteiger partial charge on any atom is 0.265 e. The maximum absolute atomic E-state index is 12.3. The lowest BCUT2D eigenvalue weighted by atomic mass is 10.1. The number of nitrogens with one attached hydrogen (secondary N) is 1. The standard InChI is InChI=1S/C21H26N2O3/c1-5-23(6-2)21(25)17-9-11-18(12-10-17)22-20(24)16(4)26-19-13-7-15(3)8-14-19/h7-14,16H,5-6H2,1-4H3,(H,22,24)/t16-/m1/s1. The molecule has 0 radical (unpaired) electrons. The number of hydrogen-bond acceptors (Lipinski definition) is 3. The molecule has 26 heavy (non-hydrogen) atoms. The number of benzene rings is 2. The van der Waals surface area contributed by atoms with Gasteiger partial charge in [0.2, 0.25) is 0 Å². The minimum atomic E-state index is -0.630. The Morgan fingerprint density at radius 3 is 2.12 bits per heavy atom. The van der Waals surface area contributed by atoms with Gasteiger partial charge in [0, 0.05) is 24.3 Å². The molecule has 0 fully saturated rings. The molecule has 2 aromatic rings. The summed E-state index contributed by atoms with van der Waals surface area (Å²) in [5.74, 6) is 0.399. The number of amides is 2. The average molecular weight is 354 g/mol. The normalized spacial score (nSPS) is 11.5. The summed E-state index contributed by atoms with van der Waals surface area (Å²) in [6, 6.07) is 14.5. The molecular formula is C21H26N2O3. The fraction of sp³-hybridized carbons (Fsp3) is 0.333. The molecule has 0 saturated heterocycles. The first-order chi connectivity index (χ1) is 12.4. The molecule has 0 unspecified atom stereocenters. The Morgan fingerprint density at radius 1 is 1.00 bits per heavy atom. The van der Waals surface area contributed by atoms with Crippen LogP contribution in [0.2, 0.25) is 0 Å². The van der Waals surface area contributed by atoms with E-state index in [1.165, 1.54) is 0 Å². The van der Waals surface area contributed by atoms with Gasteiger partial charge in [-0.1, -0.05) is 17.7 Å². The van der Waals surface area contributed by atoms with Gasteiger partial charge in [-0.15, -0.1) is 0 Å². The van der Waals surface area contributed by atoms with Crippen molar-refractivity contribution in [2.45, 2.75) is 33.8 Å². The topological polar surface area (TPSA) is 58.6 Å². The van der Waals surface area contributed by atoms with Crippen molar-refractivity contribution < 1.29 is 14.3 Å². The zero-order chi connectivity index (χ0) is 19.1. The molecule has 0 bridgehead atoms. The predicted octanol–water partition coefficient (Wildman–Crippen LogP) is 3.88. The van der Waals surface area contributed by atoms with Crippen LogP contribution < -0.4 is 10.1 Å². The van der Waals surface area contributed by atoms with Crippen LogP contribution in [0.5, 0.6) is 5.75 Å². The van der Waals surface area contributed by atoms with E-state index in [4.69, 9.17) is 4.74 Å². The van der Waals surface area contributed by atoms with Gasteiger partial charge in [-0.05, 0) is 64.1 Å². The van der Waals surface area contributed by atoms with Crippen LogP contribution in [0.15, 0.2) is 48.5 Å². The lowest BCUT2D eigenvalue weighted by Gasteiger charge is -2.19. The molecule has 5 heteroatoms. The highest BCUT2D eigenvalue weighted by Crippen LogP contribution is 2.15. The molecule has 0 heterocycles. The number of aryl methyl sites for hydroxylation is 1. The van der Waals surface area contributed by atoms with Gasteiger partial charge >= 0.3 is 0 Å². The van der Waals surface area contributed by atoms with E-state index in [0.717, 1.165) is 5.56 Å². The van der Waals surface area contributed by atoms with Gasteiger partial charge in [0.05, 0.1) is 0 Å². The third-order valence-corrected chi connectivity index (χ3v) is 4.15. The van der Waals surface area contributed by atoms with E-state index in [0.29, 0.717) is 30.1 Å². The van der Waals surface area contributed by atoms with E-state index in [-0.39, 0.29) is 11.8 Å². The largest absolute Gasteiger partial charge is 0.481 e. The summed E-state index contributed by atoms with van der Waals surface area (Å²) in [6.45, 7) is 8.93. The molecule has 138 valence electrons. The van der Waals surface area contributed by atoms with Crippen LogP contribution in [0.4, 0.5) is 5.69 Å². The Kier molecular flexibility index (Phi) is 6.78. The van der Waals surface area contributed by atoms with Gasteiger partial charge < -0.3 is 15.0 Å². The van der Waals surface area contributed by atoms with Crippen molar-refractivity contribution in [1.82, 2.24) is 4.90 Å². The minimum absolute atomic E-state index is 0.0102. The SMILES string of the molecule is CCN(CC)C(=O)c1ccc(NC(=O)[C@@H](C)Oc2ccc(C)cc2)cc1. The summed E-state index contributed by atoms with van der Waals surface area (Å²) < 4.78 is 5.65. The van der Waals surface area contributed by atoms with Crippen LogP contribution in [0.3, 0.4) is 0 Å². The molecule has 0 aliphatic heterocycles. The first-order valence-electron chi connectivity index (χ1n) is 8.88. The van der Waals surface area contributed by atoms with Crippen molar-refractivity contribution >= 4 is 17.5 Å². The highest BCUT2D eigenvalue weighted by Gasteiger charge is 2.16. The van der Waals surface area contributed by atoms with Crippen LogP contribution in [-0.4, -0.2) is 35.9 Å². The molecule has 0 aliphatic carbocycles. The monoisotopic (exact) mass is 354 g/mol. The first kappa shape index (κ1) is 19.5. The smallest absolute Gasteiger partial charge is 0.265 e. The lowest BCUT2D eigenvalue weighted by molar-refractivity contribution is -0.122. The number of ether oxygens (including phenoxy) is 1. The van der Waals surface area contributed by atoms with Gasteiger partial charge in [-0.3, -0.25) is 9.59 Å². The Hall–Kier alpha value is -2.82. The second kappa shape index (κ2) is 9.04. The van der Waals surface area contributed by atoms with Gasteiger partial charge in [0.25, 0.3) is 11.8 Å². The van der Waals surface area contributed by atoms with Crippen molar-refractivity contribution in [2.75, 3.05) is 18.4 Å². The summed E-state index contributed by atoms with van der Waals surface area (Å²) >= 11 is 0. The summed E-state index contributed by atoms with van der Waals surface area (Å²) in [5, 5.41) is 2.81. The number of anilines is 1. The molecule has 1 atom stereocenters. The highest BCUT2D eigenvalue weighted by atomic mass is 16.5. The van der Waals surface area contributed by atoms with E-state index in [1.807, 2.05) is 45.0 Å². The van der Waals surface area contributed by atoms with Crippen molar-refractivity contribution in [2.24, 2.45) is 0 Å². The van der Waals surface area contributed by atoms with E-state index in [1.54, 1.807) is 36.1 Å². The number of carbonyl (C=O) groups excluding carboxylic acids is 2. The van der Waals surface area contributed by atoms with E-state index < -0.39 is 6.10 Å². The molecule has 2 amide bonds. The summed E-state index contributed by atoms with van der Waals surface area (Å²) in [6.07, 6.45) is -0.630. The molecule has 2 aromatic carbocycles. The molecule has 0 aromatic heterocycles. The molecular weight excluding hydrogens is 328 g/mol. The zero-order valence-electron chi connectivity index (χ0n) is 15.8. The molecule has 2 rings (SSSR count). The molecule has 1 N–H and O–H groups in total. The second-order valence-corrected chi connectivity index (χ2v) is 6.12. The highest BCUT2D eigenvalue weighted by molar-refractivity contribution is 5.96. The number of rotatable bonds is 7. The van der Waals surface area contributed by atoms with Crippen molar-refractivity contribution in [3.63, 3.8) is 0 Å². The van der Waals surface area contributed by atoms with Crippen LogP contribution in [0.1, 0.15) is 36.7 Å². The molecule has 0 aliphatic rings. The Morgan fingerprint density at radius 2 is 1.58 bits per heavy atom. The van der Waals surface area contributed by atoms with Crippen LogP contribution in [-0.2, 0) is 4.79 Å². The summed E-state index contributed by atoms with van der Waals surface area (Å²) in [5.41, 5.74) is 2.37. The number of hydrogen-bond donors (Lipinski definition) is 1. The molecule has 5 nitrogen and oxygen atoms in total. The van der Waals surface area contributed by atoms with Crippen molar-refractivity contribution in [3.8, 4) is 5.75 Å². The van der Waals surface area contributed by atoms with Crippen molar-refractivity contribution in [1.29, 1.82) is 0 Å². The van der Waals surface area contributed by atoms with Crippen LogP contribution >= 0.6 is 0 Å². The summed E-state index contributed by atoms with van der Waals surface area (Å²) in [4.78, 5) is 26.3. The van der Waals surface area contributed by atoms with Gasteiger partial charge in [0.1, 0.15) is 5.75 Å². The van der Waals surface area contributed by atoms with Crippen LogP contribution in [0, 0.1) is 6.92 Å². The third kappa shape index (κ3) is 5.09. The average Bonchev–Trinajstić information content (AvgIpc) is 2.65. The van der Waals surface area contributed by atoms with E-state index in [2.05, 4.69) is 5.32 Å². The molecule has 0 saturated carbocycles. The van der Waals surface area contributed by atoms with Gasteiger partial charge in [-0.2, -0.15) is 0 Å². The zero-order valence-corrected chi connectivity index (χ0v) is 15.8. The Balaban J connectivity index is 1.96. The fourth-order valence-corrected chi connectivity index (χ4v) is 2.51. The van der Waals surface area contributed by atoms with Crippen LogP contribution in [0.25, 0.3) is 0 Å². The summed E-state index contributed by atoms with van der Waals surface area (Å²) in [7, 11) is 0. The molecule has 0 spiro atoms. The quantitative estimate of drug-likeness (QED) is 0.821. The number of nitrogens with zero attached hydrogens (tertiary/aromatic N) is 1. The van der Waals surface area contributed by atoms with E-state index >= 15 is 0 Å². The van der Waals surface area contributed by atoms with Gasteiger partial charge in [-0.25, -0.2) is 0 Å². The fourth-order valence-electron chi connectivity index (χ4n) is 2.51. The lowest BCUT2D eigenvalue weighted by Crippen LogP contribution is -2.31. The first-order valence-corrected chi connectivity index (χ1v) is 8.88. The van der Waals surface area contributed by atoms with E-state index in [9.17, 15) is 9.59 Å². The predicted molar refractivity (Wildman–Crippen MR) is 104 cm³/mol.